The number of nitriles is 1. The Labute approximate surface area is 177 Å². The monoisotopic (exact) mass is 404 g/mol. The molecule has 156 valence electrons. The van der Waals surface area contributed by atoms with Gasteiger partial charge < -0.3 is 10.5 Å². The van der Waals surface area contributed by atoms with Gasteiger partial charge in [-0.25, -0.2) is 0 Å². The molecule has 4 rings (SSSR count). The highest BCUT2D eigenvalue weighted by atomic mass is 16.5. The summed E-state index contributed by atoms with van der Waals surface area (Å²) in [7, 11) is 0. The number of rotatable bonds is 4. The predicted octanol–water partition coefficient (Wildman–Crippen LogP) is 4.07. The predicted molar refractivity (Wildman–Crippen MR) is 115 cm³/mol. The molecule has 0 radical (unpaired) electrons. The fraction of sp³-hybridized carbons (Fsp3) is 0.435. The maximum atomic E-state index is 9.86. The van der Waals surface area contributed by atoms with E-state index in [2.05, 4.69) is 42.4 Å². The number of aryl methyl sites for hydroxylation is 4. The van der Waals surface area contributed by atoms with Gasteiger partial charge in [0.05, 0.1) is 17.3 Å². The minimum atomic E-state index is -0.206. The maximum absolute atomic E-state index is 9.86. The van der Waals surface area contributed by atoms with E-state index in [1.165, 1.54) is 0 Å². The first-order valence-electron chi connectivity index (χ1n) is 10.6. The molecule has 0 amide bonds. The van der Waals surface area contributed by atoms with Crippen LogP contribution in [0, 0.1) is 25.2 Å². The third-order valence-corrected chi connectivity index (χ3v) is 5.97. The highest BCUT2D eigenvalue weighted by Gasteiger charge is 2.37. The molecule has 2 N–H and O–H groups in total. The van der Waals surface area contributed by atoms with Crippen molar-refractivity contribution in [1.29, 1.82) is 5.26 Å². The third kappa shape index (κ3) is 3.32. The van der Waals surface area contributed by atoms with Crippen molar-refractivity contribution in [1.82, 2.24) is 19.6 Å². The molecule has 0 aromatic carbocycles. The lowest BCUT2D eigenvalue weighted by atomic mass is 9.77. The van der Waals surface area contributed by atoms with E-state index < -0.39 is 0 Å². The zero-order chi connectivity index (χ0) is 21.4. The Morgan fingerprint density at radius 3 is 2.50 bits per heavy atom. The summed E-state index contributed by atoms with van der Waals surface area (Å²) in [6, 6.07) is 2.30. The number of aromatic nitrogens is 4. The van der Waals surface area contributed by atoms with Crippen LogP contribution in [0.25, 0.3) is 6.08 Å². The number of allylic oxidation sites excluding steroid dienone is 3. The molecule has 2 aliphatic rings. The second kappa shape index (κ2) is 7.86. The van der Waals surface area contributed by atoms with Gasteiger partial charge >= 0.3 is 0 Å². The lowest BCUT2D eigenvalue weighted by Gasteiger charge is -2.33. The lowest BCUT2D eigenvalue weighted by Crippen LogP contribution is -2.24. The second-order valence-electron chi connectivity index (χ2n) is 7.85. The first kappa shape index (κ1) is 20.0. The van der Waals surface area contributed by atoms with Crippen molar-refractivity contribution in [2.24, 2.45) is 5.73 Å². The highest BCUT2D eigenvalue weighted by molar-refractivity contribution is 5.63. The molecule has 7 nitrogen and oxygen atoms in total. The van der Waals surface area contributed by atoms with E-state index >= 15 is 0 Å². The highest BCUT2D eigenvalue weighted by Crippen LogP contribution is 2.47. The Hall–Kier alpha value is -3.27. The van der Waals surface area contributed by atoms with Gasteiger partial charge in [-0.15, -0.1) is 0 Å². The van der Waals surface area contributed by atoms with Crippen molar-refractivity contribution >= 4 is 6.08 Å². The maximum Gasteiger partial charge on any atom is 0.205 e. The Morgan fingerprint density at radius 2 is 1.87 bits per heavy atom. The fourth-order valence-electron chi connectivity index (χ4n) is 4.39. The second-order valence-corrected chi connectivity index (χ2v) is 7.85. The summed E-state index contributed by atoms with van der Waals surface area (Å²) in [5, 5.41) is 19.0. The minimum Gasteiger partial charge on any atom is -0.440 e. The van der Waals surface area contributed by atoms with Crippen molar-refractivity contribution in [2.45, 2.75) is 66.0 Å². The molecule has 30 heavy (non-hydrogen) atoms. The minimum absolute atomic E-state index is 0.193. The Morgan fingerprint density at radius 1 is 1.17 bits per heavy atom. The van der Waals surface area contributed by atoms with Crippen LogP contribution in [-0.2, 0) is 17.8 Å². The molecular weight excluding hydrogens is 376 g/mol. The quantitative estimate of drug-likeness (QED) is 0.829. The third-order valence-electron chi connectivity index (χ3n) is 5.97. The molecule has 1 aliphatic heterocycles. The molecule has 0 spiro atoms. The van der Waals surface area contributed by atoms with Gasteiger partial charge in [0.25, 0.3) is 0 Å². The molecule has 0 saturated heterocycles. The van der Waals surface area contributed by atoms with Gasteiger partial charge in [-0.2, -0.15) is 15.5 Å². The standard InChI is InChI=1S/C23H28N6O/c1-5-28-12-17(14(3)26-28)10-16-8-7-9-18-21(19(11-24)23(25)30-22(16)18)20-13-29(6-2)27-15(20)4/h10,12-13,21H,5-9,25H2,1-4H3. The largest absolute Gasteiger partial charge is 0.440 e. The summed E-state index contributed by atoms with van der Waals surface area (Å²) >= 11 is 0. The Kier molecular flexibility index (Phi) is 5.25. The normalized spacial score (nSPS) is 20.4. The molecule has 0 fully saturated rings. The molecule has 7 heteroatoms. The molecular formula is C23H28N6O. The number of ether oxygens (including phenoxy) is 1. The summed E-state index contributed by atoms with van der Waals surface area (Å²) in [4.78, 5) is 0. The van der Waals surface area contributed by atoms with E-state index in [1.54, 1.807) is 0 Å². The molecule has 1 unspecified atom stereocenters. The van der Waals surface area contributed by atoms with Crippen molar-refractivity contribution in [3.05, 3.63) is 63.3 Å². The van der Waals surface area contributed by atoms with Gasteiger partial charge in [0, 0.05) is 36.6 Å². The number of nitrogens with two attached hydrogens (primary N) is 1. The molecule has 0 bridgehead atoms. The molecule has 3 heterocycles. The van der Waals surface area contributed by atoms with Gasteiger partial charge in [0.1, 0.15) is 17.4 Å². The van der Waals surface area contributed by atoms with E-state index in [0.29, 0.717) is 5.57 Å². The van der Waals surface area contributed by atoms with Crippen LogP contribution in [0.15, 0.2) is 40.8 Å². The van der Waals surface area contributed by atoms with Crippen LogP contribution >= 0.6 is 0 Å². The van der Waals surface area contributed by atoms with E-state index in [9.17, 15) is 5.26 Å². The van der Waals surface area contributed by atoms with Crippen LogP contribution in [0.5, 0.6) is 0 Å². The first-order valence-corrected chi connectivity index (χ1v) is 10.6. The summed E-state index contributed by atoms with van der Waals surface area (Å²) in [5.74, 6) is 0.802. The topological polar surface area (TPSA) is 94.7 Å². The fourth-order valence-corrected chi connectivity index (χ4v) is 4.39. The van der Waals surface area contributed by atoms with Crippen molar-refractivity contribution in [3.63, 3.8) is 0 Å². The average Bonchev–Trinajstić information content (AvgIpc) is 3.29. The van der Waals surface area contributed by atoms with Crippen molar-refractivity contribution < 1.29 is 4.74 Å². The van der Waals surface area contributed by atoms with Gasteiger partial charge in [0.2, 0.25) is 5.88 Å². The SMILES string of the molecule is CCn1cc(C=C2CCCC3=C2OC(N)=C(C#N)C3c2cn(CC)nc2C)c(C)n1. The first-order chi connectivity index (χ1) is 14.5. The molecule has 2 aromatic rings. The Bertz CT molecular complexity index is 1120. The molecule has 1 aliphatic carbocycles. The van der Waals surface area contributed by atoms with Gasteiger partial charge in [0.15, 0.2) is 0 Å². The van der Waals surface area contributed by atoms with E-state index in [4.69, 9.17) is 10.5 Å². The summed E-state index contributed by atoms with van der Waals surface area (Å²) in [6.45, 7) is 9.76. The van der Waals surface area contributed by atoms with Crippen LogP contribution < -0.4 is 5.73 Å². The van der Waals surface area contributed by atoms with Gasteiger partial charge in [-0.05, 0) is 64.2 Å². The average molecular weight is 405 g/mol. The zero-order valence-corrected chi connectivity index (χ0v) is 18.1. The van der Waals surface area contributed by atoms with Crippen LogP contribution in [0.4, 0.5) is 0 Å². The summed E-state index contributed by atoms with van der Waals surface area (Å²) in [5.41, 5.74) is 13.0. The van der Waals surface area contributed by atoms with Gasteiger partial charge in [-0.3, -0.25) is 9.36 Å². The van der Waals surface area contributed by atoms with Crippen LogP contribution in [0.1, 0.15) is 61.5 Å². The van der Waals surface area contributed by atoms with E-state index in [0.717, 1.165) is 71.8 Å². The Balaban J connectivity index is 1.85. The smallest absolute Gasteiger partial charge is 0.205 e. The van der Waals surface area contributed by atoms with Crippen molar-refractivity contribution in [2.75, 3.05) is 0 Å². The van der Waals surface area contributed by atoms with E-state index in [-0.39, 0.29) is 11.8 Å². The van der Waals surface area contributed by atoms with Crippen molar-refractivity contribution in [3.8, 4) is 6.07 Å². The lowest BCUT2D eigenvalue weighted by molar-refractivity contribution is 0.277. The van der Waals surface area contributed by atoms with Crippen LogP contribution in [0.3, 0.4) is 0 Å². The van der Waals surface area contributed by atoms with Gasteiger partial charge in [-0.1, -0.05) is 0 Å². The number of hydrogen-bond donors (Lipinski definition) is 1. The van der Waals surface area contributed by atoms with Crippen LogP contribution in [0.2, 0.25) is 0 Å². The van der Waals surface area contributed by atoms with E-state index in [1.807, 2.05) is 29.4 Å². The molecule has 2 aromatic heterocycles. The number of hydrogen-bond acceptors (Lipinski definition) is 5. The molecule has 0 saturated carbocycles. The summed E-state index contributed by atoms with van der Waals surface area (Å²) in [6.07, 6.45) is 9.04. The number of nitrogens with zero attached hydrogens (tertiary/aromatic N) is 5. The molecule has 1 atom stereocenters. The summed E-state index contributed by atoms with van der Waals surface area (Å²) < 4.78 is 9.92. The zero-order valence-electron chi connectivity index (χ0n) is 18.1. The van der Waals surface area contributed by atoms with Crippen LogP contribution in [-0.4, -0.2) is 19.6 Å².